The summed E-state index contributed by atoms with van der Waals surface area (Å²) in [7, 11) is 0. The van der Waals surface area contributed by atoms with E-state index in [1.165, 1.54) is 0 Å². The van der Waals surface area contributed by atoms with Crippen LogP contribution in [-0.4, -0.2) is 35.7 Å². The maximum absolute atomic E-state index is 11.5. The van der Waals surface area contributed by atoms with Gasteiger partial charge in [-0.25, -0.2) is 9.59 Å². The summed E-state index contributed by atoms with van der Waals surface area (Å²) in [6.07, 6.45) is -2.89. The van der Waals surface area contributed by atoms with Crippen LogP contribution >= 0.6 is 0 Å². The first-order valence-electron chi connectivity index (χ1n) is 6.59. The maximum Gasteiger partial charge on any atom is 0.509 e. The number of rotatable bonds is 3. The maximum atomic E-state index is 11.5. The van der Waals surface area contributed by atoms with E-state index in [4.69, 9.17) is 18.9 Å². The van der Waals surface area contributed by atoms with Crippen LogP contribution in [0.2, 0.25) is 0 Å². The van der Waals surface area contributed by atoms with Gasteiger partial charge in [-0.05, 0) is 55.4 Å². The SMILES string of the molecule is CC(OC(=O)OC(C)(C)C)C(C)OC(=O)OC(C)(C)C. The van der Waals surface area contributed by atoms with E-state index < -0.39 is 35.7 Å². The van der Waals surface area contributed by atoms with Gasteiger partial charge in [-0.2, -0.15) is 0 Å². The van der Waals surface area contributed by atoms with Gasteiger partial charge < -0.3 is 18.9 Å². The number of ether oxygens (including phenoxy) is 4. The van der Waals surface area contributed by atoms with Crippen LogP contribution in [0.15, 0.2) is 0 Å². The molecule has 0 fully saturated rings. The lowest BCUT2D eigenvalue weighted by Gasteiger charge is -2.25. The average molecular weight is 290 g/mol. The molecule has 2 unspecified atom stereocenters. The summed E-state index contributed by atoms with van der Waals surface area (Å²) in [5.74, 6) is 0. The van der Waals surface area contributed by atoms with Crippen molar-refractivity contribution in [1.82, 2.24) is 0 Å². The molecule has 0 bridgehead atoms. The van der Waals surface area contributed by atoms with Crippen molar-refractivity contribution in [2.45, 2.75) is 78.8 Å². The number of hydrogen-bond donors (Lipinski definition) is 0. The first-order valence-corrected chi connectivity index (χ1v) is 6.59. The van der Waals surface area contributed by atoms with Gasteiger partial charge in [0.25, 0.3) is 0 Å². The number of hydrogen-bond acceptors (Lipinski definition) is 6. The Morgan fingerprint density at radius 1 is 0.700 bits per heavy atom. The standard InChI is InChI=1S/C14H26O6/c1-9(17-11(15)19-13(3,4)5)10(2)18-12(16)20-14(6,7)8/h9-10H,1-8H3. The van der Waals surface area contributed by atoms with Gasteiger partial charge in [-0.15, -0.1) is 0 Å². The fourth-order valence-electron chi connectivity index (χ4n) is 1.04. The van der Waals surface area contributed by atoms with Crippen LogP contribution < -0.4 is 0 Å². The normalized spacial score (nSPS) is 15.0. The lowest BCUT2D eigenvalue weighted by molar-refractivity contribution is -0.0747. The second kappa shape index (κ2) is 6.81. The summed E-state index contributed by atoms with van der Waals surface area (Å²) in [6, 6.07) is 0. The minimum atomic E-state index is -0.801. The van der Waals surface area contributed by atoms with E-state index >= 15 is 0 Å². The molecular weight excluding hydrogens is 264 g/mol. The fraction of sp³-hybridized carbons (Fsp3) is 0.857. The molecule has 6 nitrogen and oxygen atoms in total. The van der Waals surface area contributed by atoms with E-state index in [1.54, 1.807) is 55.4 Å². The van der Waals surface area contributed by atoms with Gasteiger partial charge in [0.1, 0.15) is 23.4 Å². The van der Waals surface area contributed by atoms with Crippen molar-refractivity contribution in [3.63, 3.8) is 0 Å². The van der Waals surface area contributed by atoms with Crippen molar-refractivity contribution in [3.8, 4) is 0 Å². The average Bonchev–Trinajstić information content (AvgIpc) is 2.10. The van der Waals surface area contributed by atoms with Crippen LogP contribution in [0.3, 0.4) is 0 Å². The molecule has 0 N–H and O–H groups in total. The van der Waals surface area contributed by atoms with Gasteiger partial charge in [0.15, 0.2) is 0 Å². The smallest absolute Gasteiger partial charge is 0.429 e. The molecule has 0 amide bonds. The van der Waals surface area contributed by atoms with Gasteiger partial charge in [0.2, 0.25) is 0 Å². The third kappa shape index (κ3) is 9.47. The van der Waals surface area contributed by atoms with E-state index in [0.717, 1.165) is 0 Å². The Labute approximate surface area is 120 Å². The zero-order chi connectivity index (χ0) is 16.1. The number of carbonyl (C=O) groups excluding carboxylic acids is 2. The molecule has 0 aromatic rings. The lowest BCUT2D eigenvalue weighted by atomic mass is 10.2. The lowest BCUT2D eigenvalue weighted by Crippen LogP contribution is -2.35. The second-order valence-corrected chi connectivity index (χ2v) is 6.57. The fourth-order valence-corrected chi connectivity index (χ4v) is 1.04. The number of carbonyl (C=O) groups is 2. The molecule has 20 heavy (non-hydrogen) atoms. The first-order chi connectivity index (χ1) is 8.80. The van der Waals surface area contributed by atoms with Gasteiger partial charge in [0, 0.05) is 0 Å². The third-order valence-electron chi connectivity index (χ3n) is 2.00. The predicted octanol–water partition coefficient (Wildman–Crippen LogP) is 3.67. The van der Waals surface area contributed by atoms with Crippen LogP contribution in [0.4, 0.5) is 9.59 Å². The topological polar surface area (TPSA) is 71.1 Å². The van der Waals surface area contributed by atoms with Crippen molar-refractivity contribution >= 4 is 12.3 Å². The Morgan fingerprint density at radius 2 is 0.950 bits per heavy atom. The van der Waals surface area contributed by atoms with E-state index in [-0.39, 0.29) is 0 Å². The van der Waals surface area contributed by atoms with Crippen LogP contribution in [0.5, 0.6) is 0 Å². The zero-order valence-electron chi connectivity index (χ0n) is 13.6. The summed E-state index contributed by atoms with van der Waals surface area (Å²) in [4.78, 5) is 22.9. The summed E-state index contributed by atoms with van der Waals surface area (Å²) in [5, 5.41) is 0. The summed E-state index contributed by atoms with van der Waals surface area (Å²) in [5.41, 5.74) is -1.27. The Bertz CT molecular complexity index is 303. The van der Waals surface area contributed by atoms with Crippen LogP contribution in [0.25, 0.3) is 0 Å². The third-order valence-corrected chi connectivity index (χ3v) is 2.00. The molecule has 0 aliphatic carbocycles. The highest BCUT2D eigenvalue weighted by Crippen LogP contribution is 2.13. The Morgan fingerprint density at radius 3 is 1.15 bits per heavy atom. The molecule has 0 aromatic carbocycles. The highest BCUT2D eigenvalue weighted by Gasteiger charge is 2.26. The molecule has 0 aliphatic heterocycles. The largest absolute Gasteiger partial charge is 0.509 e. The minimum absolute atomic E-state index is 0.633. The van der Waals surface area contributed by atoms with E-state index in [1.807, 2.05) is 0 Å². The van der Waals surface area contributed by atoms with E-state index in [9.17, 15) is 9.59 Å². The molecule has 0 spiro atoms. The van der Waals surface area contributed by atoms with Crippen molar-refractivity contribution < 1.29 is 28.5 Å². The highest BCUT2D eigenvalue weighted by atomic mass is 16.8. The van der Waals surface area contributed by atoms with Crippen LogP contribution in [0, 0.1) is 0 Å². The van der Waals surface area contributed by atoms with Crippen LogP contribution in [-0.2, 0) is 18.9 Å². The molecule has 0 heterocycles. The highest BCUT2D eigenvalue weighted by molar-refractivity contribution is 5.62. The van der Waals surface area contributed by atoms with Gasteiger partial charge in [0.05, 0.1) is 0 Å². The molecular formula is C14H26O6. The predicted molar refractivity (Wildman–Crippen MR) is 73.6 cm³/mol. The Balaban J connectivity index is 4.25. The molecule has 0 radical (unpaired) electrons. The Kier molecular flexibility index (Phi) is 6.32. The first kappa shape index (κ1) is 18.5. The van der Waals surface area contributed by atoms with Gasteiger partial charge in [-0.3, -0.25) is 0 Å². The molecule has 6 heteroatoms. The van der Waals surface area contributed by atoms with Gasteiger partial charge >= 0.3 is 12.3 Å². The van der Waals surface area contributed by atoms with E-state index in [2.05, 4.69) is 0 Å². The monoisotopic (exact) mass is 290 g/mol. The van der Waals surface area contributed by atoms with Crippen molar-refractivity contribution in [2.75, 3.05) is 0 Å². The summed E-state index contributed by atoms with van der Waals surface area (Å²) in [6.45, 7) is 13.6. The quantitative estimate of drug-likeness (QED) is 0.738. The zero-order valence-corrected chi connectivity index (χ0v) is 13.6. The van der Waals surface area contributed by atoms with Gasteiger partial charge in [-0.1, -0.05) is 0 Å². The molecule has 0 aromatic heterocycles. The van der Waals surface area contributed by atoms with E-state index in [0.29, 0.717) is 0 Å². The van der Waals surface area contributed by atoms with Crippen molar-refractivity contribution in [1.29, 1.82) is 0 Å². The second-order valence-electron chi connectivity index (χ2n) is 6.57. The molecule has 0 aliphatic rings. The summed E-state index contributed by atoms with van der Waals surface area (Å²) >= 11 is 0. The van der Waals surface area contributed by atoms with Crippen molar-refractivity contribution in [3.05, 3.63) is 0 Å². The minimum Gasteiger partial charge on any atom is -0.429 e. The summed E-state index contributed by atoms with van der Waals surface area (Å²) < 4.78 is 20.1. The Hall–Kier alpha value is -1.46. The molecule has 0 saturated carbocycles. The molecule has 2 atom stereocenters. The molecule has 0 rings (SSSR count). The van der Waals surface area contributed by atoms with Crippen molar-refractivity contribution in [2.24, 2.45) is 0 Å². The molecule has 118 valence electrons. The van der Waals surface area contributed by atoms with Crippen LogP contribution in [0.1, 0.15) is 55.4 Å². The molecule has 0 saturated heterocycles.